The van der Waals surface area contributed by atoms with Crippen molar-refractivity contribution in [2.45, 2.75) is 38.0 Å². The van der Waals surface area contributed by atoms with Crippen LogP contribution in [0.3, 0.4) is 0 Å². The maximum Gasteiger partial charge on any atom is 0.264 e. The second-order valence-corrected chi connectivity index (χ2v) is 8.27. The lowest BCUT2D eigenvalue weighted by Gasteiger charge is -2.23. The van der Waals surface area contributed by atoms with Gasteiger partial charge in [0.2, 0.25) is 11.5 Å². The van der Waals surface area contributed by atoms with Gasteiger partial charge in [-0.3, -0.25) is 14.4 Å². The molecule has 2 aromatic rings. The minimum Gasteiger partial charge on any atom is -0.372 e. The number of halogens is 2. The third-order valence-electron chi connectivity index (χ3n) is 5.57. The Bertz CT molecular complexity index is 1060. The van der Waals surface area contributed by atoms with Crippen molar-refractivity contribution in [3.63, 3.8) is 0 Å². The van der Waals surface area contributed by atoms with Gasteiger partial charge in [-0.15, -0.1) is 0 Å². The van der Waals surface area contributed by atoms with E-state index in [4.69, 9.17) is 11.6 Å². The average Bonchev–Trinajstić information content (AvgIpc) is 3.01. The predicted octanol–water partition coefficient (Wildman–Crippen LogP) is 2.14. The predicted molar refractivity (Wildman–Crippen MR) is 112 cm³/mol. The van der Waals surface area contributed by atoms with Crippen molar-refractivity contribution < 1.29 is 23.9 Å². The van der Waals surface area contributed by atoms with Crippen LogP contribution in [-0.4, -0.2) is 39.9 Å². The number of fused-ring (bicyclic) bond motifs is 1. The second kappa shape index (κ2) is 8.28. The van der Waals surface area contributed by atoms with Crippen molar-refractivity contribution in [2.75, 3.05) is 11.9 Å². The van der Waals surface area contributed by atoms with E-state index in [9.17, 15) is 23.9 Å². The van der Waals surface area contributed by atoms with Crippen LogP contribution in [-0.2, 0) is 33.9 Å². The molecule has 3 N–H and O–H groups in total. The first-order valence-electron chi connectivity index (χ1n) is 9.91. The average molecular weight is 446 g/mol. The van der Waals surface area contributed by atoms with Gasteiger partial charge >= 0.3 is 0 Å². The normalized spacial score (nSPS) is 20.4. The van der Waals surface area contributed by atoms with Crippen LogP contribution in [0.1, 0.15) is 29.5 Å². The molecular formula is C22H21ClFN3O4. The SMILES string of the molecule is O=C1CCc2cc(CN3CCC(O)(C(=O)NCc4cc(F)cc(Cl)c4)C3=O)ccc2N1. The van der Waals surface area contributed by atoms with Crippen molar-refractivity contribution >= 4 is 35.0 Å². The van der Waals surface area contributed by atoms with Gasteiger partial charge in [-0.2, -0.15) is 0 Å². The van der Waals surface area contributed by atoms with E-state index in [1.165, 1.54) is 17.0 Å². The van der Waals surface area contributed by atoms with E-state index in [2.05, 4.69) is 10.6 Å². The lowest BCUT2D eigenvalue weighted by atomic mass is 10.00. The molecule has 2 aliphatic heterocycles. The Hall–Kier alpha value is -2.97. The molecule has 2 heterocycles. The molecule has 7 nitrogen and oxygen atoms in total. The summed E-state index contributed by atoms with van der Waals surface area (Å²) in [6, 6.07) is 9.39. The largest absolute Gasteiger partial charge is 0.372 e. The number of nitrogens with one attached hydrogen (secondary N) is 2. The number of hydrogen-bond donors (Lipinski definition) is 3. The fourth-order valence-electron chi connectivity index (χ4n) is 3.93. The maximum atomic E-state index is 13.4. The van der Waals surface area contributed by atoms with Gasteiger partial charge in [0.05, 0.1) is 0 Å². The monoisotopic (exact) mass is 445 g/mol. The molecular weight excluding hydrogens is 425 g/mol. The molecule has 0 aromatic heterocycles. The van der Waals surface area contributed by atoms with Crippen LogP contribution in [0.25, 0.3) is 0 Å². The standard InChI is InChI=1S/C22H21ClFN3O4/c23-16-8-14(9-17(24)10-16)11-25-20(29)22(31)5-6-27(21(22)30)12-13-1-3-18-15(7-13)2-4-19(28)26-18/h1,3,7-10,31H,2,4-6,11-12H2,(H,25,29)(H,26,28). The van der Waals surface area contributed by atoms with Crippen molar-refractivity contribution in [3.8, 4) is 0 Å². The van der Waals surface area contributed by atoms with E-state index in [-0.39, 0.29) is 37.0 Å². The van der Waals surface area contributed by atoms with Gasteiger partial charge in [-0.1, -0.05) is 23.7 Å². The van der Waals surface area contributed by atoms with Crippen molar-refractivity contribution in [1.29, 1.82) is 0 Å². The highest BCUT2D eigenvalue weighted by molar-refractivity contribution is 6.30. The second-order valence-electron chi connectivity index (χ2n) is 7.84. The number of hydrogen-bond acceptors (Lipinski definition) is 4. The first kappa shape index (κ1) is 21.3. The van der Waals surface area contributed by atoms with Gasteiger partial charge in [0.25, 0.3) is 11.8 Å². The Morgan fingerprint density at radius 3 is 2.77 bits per heavy atom. The first-order chi connectivity index (χ1) is 14.7. The number of benzene rings is 2. The summed E-state index contributed by atoms with van der Waals surface area (Å²) in [6.45, 7) is 0.403. The fraction of sp³-hybridized carbons (Fsp3) is 0.318. The molecule has 0 spiro atoms. The van der Waals surface area contributed by atoms with E-state index in [1.54, 1.807) is 6.07 Å². The third-order valence-corrected chi connectivity index (χ3v) is 5.79. The summed E-state index contributed by atoms with van der Waals surface area (Å²) >= 11 is 5.81. The number of nitrogens with zero attached hydrogens (tertiary/aromatic N) is 1. The van der Waals surface area contributed by atoms with Crippen LogP contribution in [0, 0.1) is 5.82 Å². The number of likely N-dealkylation sites (tertiary alicyclic amines) is 1. The molecule has 4 rings (SSSR count). The molecule has 1 unspecified atom stereocenters. The molecule has 3 amide bonds. The summed E-state index contributed by atoms with van der Waals surface area (Å²) < 4.78 is 13.4. The van der Waals surface area contributed by atoms with Crippen LogP contribution >= 0.6 is 11.6 Å². The molecule has 162 valence electrons. The van der Waals surface area contributed by atoms with Crippen LogP contribution in [0.2, 0.25) is 5.02 Å². The first-order valence-corrected chi connectivity index (χ1v) is 10.3. The quantitative estimate of drug-likeness (QED) is 0.614. The lowest BCUT2D eigenvalue weighted by Crippen LogP contribution is -2.52. The summed E-state index contributed by atoms with van der Waals surface area (Å²) in [4.78, 5) is 38.3. The summed E-state index contributed by atoms with van der Waals surface area (Å²) in [5.41, 5.74) is 0.860. The van der Waals surface area contributed by atoms with Gasteiger partial charge in [-0.05, 0) is 47.4 Å². The van der Waals surface area contributed by atoms with Crippen LogP contribution < -0.4 is 10.6 Å². The number of carbonyl (C=O) groups excluding carboxylic acids is 3. The smallest absolute Gasteiger partial charge is 0.264 e. The zero-order chi connectivity index (χ0) is 22.2. The number of aryl methyl sites for hydroxylation is 1. The summed E-state index contributed by atoms with van der Waals surface area (Å²) in [5, 5.41) is 16.2. The van der Waals surface area contributed by atoms with Crippen molar-refractivity contribution in [3.05, 3.63) is 63.9 Å². The highest BCUT2D eigenvalue weighted by atomic mass is 35.5. The van der Waals surface area contributed by atoms with Crippen LogP contribution in [0.4, 0.5) is 10.1 Å². The number of rotatable bonds is 5. The number of anilines is 1. The van der Waals surface area contributed by atoms with E-state index in [0.717, 1.165) is 22.9 Å². The van der Waals surface area contributed by atoms with Crippen molar-refractivity contribution in [2.24, 2.45) is 0 Å². The number of amides is 3. The molecule has 0 radical (unpaired) electrons. The van der Waals surface area contributed by atoms with Gasteiger partial charge in [0.1, 0.15) is 5.82 Å². The Balaban J connectivity index is 1.40. The zero-order valence-electron chi connectivity index (χ0n) is 16.6. The third kappa shape index (κ3) is 4.40. The Labute approximate surface area is 183 Å². The zero-order valence-corrected chi connectivity index (χ0v) is 17.3. The van der Waals surface area contributed by atoms with Crippen LogP contribution in [0.15, 0.2) is 36.4 Å². The molecule has 9 heteroatoms. The molecule has 0 aliphatic carbocycles. The molecule has 0 saturated carbocycles. The van der Waals surface area contributed by atoms with Gasteiger partial charge < -0.3 is 20.6 Å². The van der Waals surface area contributed by atoms with Crippen LogP contribution in [0.5, 0.6) is 0 Å². The molecule has 2 aromatic carbocycles. The van der Waals surface area contributed by atoms with Crippen molar-refractivity contribution in [1.82, 2.24) is 10.2 Å². The molecule has 0 bridgehead atoms. The van der Waals surface area contributed by atoms with E-state index < -0.39 is 23.2 Å². The minimum absolute atomic E-state index is 0.0217. The molecule has 1 atom stereocenters. The minimum atomic E-state index is -2.17. The summed E-state index contributed by atoms with van der Waals surface area (Å²) in [5.74, 6) is -2.06. The number of carbonyl (C=O) groups is 3. The Kier molecular flexibility index (Phi) is 5.68. The summed E-state index contributed by atoms with van der Waals surface area (Å²) in [6.07, 6.45) is 0.998. The molecule has 1 saturated heterocycles. The van der Waals surface area contributed by atoms with E-state index in [1.807, 2.05) is 12.1 Å². The molecule has 1 fully saturated rings. The Morgan fingerprint density at radius 2 is 2.00 bits per heavy atom. The maximum absolute atomic E-state index is 13.4. The van der Waals surface area contributed by atoms with E-state index >= 15 is 0 Å². The fourth-order valence-corrected chi connectivity index (χ4v) is 4.17. The van der Waals surface area contributed by atoms with Gasteiger partial charge in [-0.25, -0.2) is 4.39 Å². The molecule has 31 heavy (non-hydrogen) atoms. The highest BCUT2D eigenvalue weighted by Gasteiger charge is 2.51. The summed E-state index contributed by atoms with van der Waals surface area (Å²) in [7, 11) is 0. The topological polar surface area (TPSA) is 98.7 Å². The lowest BCUT2D eigenvalue weighted by molar-refractivity contribution is -0.154. The highest BCUT2D eigenvalue weighted by Crippen LogP contribution is 2.28. The number of aliphatic hydroxyl groups is 1. The molecule has 2 aliphatic rings. The Morgan fingerprint density at radius 1 is 1.19 bits per heavy atom. The van der Waals surface area contributed by atoms with E-state index in [0.29, 0.717) is 18.4 Å². The van der Waals surface area contributed by atoms with Gasteiger partial charge in [0, 0.05) is 43.2 Å². The van der Waals surface area contributed by atoms with Gasteiger partial charge in [0.15, 0.2) is 0 Å².